The summed E-state index contributed by atoms with van der Waals surface area (Å²) in [4.78, 5) is 37.2. The van der Waals surface area contributed by atoms with E-state index in [4.69, 9.17) is 4.74 Å². The second-order valence-corrected chi connectivity index (χ2v) is 7.91. The molecule has 9 nitrogen and oxygen atoms in total. The Morgan fingerprint density at radius 2 is 2.08 bits per heavy atom. The molecule has 2 aliphatic heterocycles. The Balaban J connectivity index is 1.95. The molecule has 2 heterocycles. The molecule has 3 rings (SSSR count). The molecule has 140 valence electrons. The first-order valence-electron chi connectivity index (χ1n) is 8.03. The number of sulfonamides is 1. The van der Waals surface area contributed by atoms with E-state index in [0.29, 0.717) is 23.7 Å². The number of hydrogen-bond donors (Lipinski definition) is 1. The molecule has 1 N–H and O–H groups in total. The van der Waals surface area contributed by atoms with Gasteiger partial charge in [0.15, 0.2) is 0 Å². The van der Waals surface area contributed by atoms with Gasteiger partial charge >= 0.3 is 5.97 Å². The molecule has 0 aromatic heterocycles. The van der Waals surface area contributed by atoms with Crippen LogP contribution in [0, 0.1) is 0 Å². The van der Waals surface area contributed by atoms with E-state index in [0.717, 1.165) is 6.07 Å². The fourth-order valence-electron chi connectivity index (χ4n) is 3.24. The second kappa shape index (κ2) is 6.69. The van der Waals surface area contributed by atoms with E-state index in [-0.39, 0.29) is 29.2 Å². The van der Waals surface area contributed by atoms with Crippen molar-refractivity contribution in [2.24, 2.45) is 0 Å². The molecule has 1 fully saturated rings. The van der Waals surface area contributed by atoms with Gasteiger partial charge in [-0.2, -0.15) is 0 Å². The molecule has 0 spiro atoms. The first-order valence-corrected chi connectivity index (χ1v) is 9.47. The average molecular weight is 382 g/mol. The molecule has 0 unspecified atom stereocenters. The molecule has 0 aliphatic carbocycles. The summed E-state index contributed by atoms with van der Waals surface area (Å²) in [5.74, 6) is -2.32. The number of hydrogen-bond acceptors (Lipinski definition) is 6. The number of ether oxygens (including phenoxy) is 1. The smallest absolute Gasteiger partial charge is 0.326 e. The monoisotopic (exact) mass is 382 g/mol. The zero-order valence-electron chi connectivity index (χ0n) is 14.0. The van der Waals surface area contributed by atoms with Crippen LogP contribution in [0.2, 0.25) is 0 Å². The van der Waals surface area contributed by atoms with E-state index in [1.54, 1.807) is 0 Å². The molecular weight excluding hydrogens is 364 g/mol. The molecule has 0 bridgehead atoms. The summed E-state index contributed by atoms with van der Waals surface area (Å²) in [6, 6.07) is 2.87. The number of methoxy groups -OCH3 is 1. The molecule has 0 saturated carbocycles. The molecule has 26 heavy (non-hydrogen) atoms. The molecule has 10 heteroatoms. The van der Waals surface area contributed by atoms with Gasteiger partial charge in [-0.15, -0.1) is 0 Å². The Morgan fingerprint density at radius 3 is 2.73 bits per heavy atom. The molecule has 0 radical (unpaired) electrons. The first-order chi connectivity index (χ1) is 12.3. The number of carboxylic acids is 1. The van der Waals surface area contributed by atoms with Gasteiger partial charge in [0.25, 0.3) is 21.8 Å². The van der Waals surface area contributed by atoms with Gasteiger partial charge in [-0.05, 0) is 31.0 Å². The topological polar surface area (TPSA) is 121 Å². The van der Waals surface area contributed by atoms with E-state index in [1.165, 1.54) is 24.1 Å². The highest BCUT2D eigenvalue weighted by atomic mass is 32.2. The molecule has 2 aliphatic rings. The van der Waals surface area contributed by atoms with Crippen molar-refractivity contribution < 1.29 is 32.6 Å². The van der Waals surface area contributed by atoms with Crippen LogP contribution in [0.4, 0.5) is 0 Å². The molecule has 1 saturated heterocycles. The zero-order chi connectivity index (χ0) is 19.1. The summed E-state index contributed by atoms with van der Waals surface area (Å²) in [6.45, 7) is 0.222. The number of carbonyl (C=O) groups excluding carboxylic acids is 2. The summed E-state index contributed by atoms with van der Waals surface area (Å²) in [5.41, 5.74) is 0.0377. The van der Waals surface area contributed by atoms with Crippen molar-refractivity contribution in [3.63, 3.8) is 0 Å². The fourth-order valence-corrected chi connectivity index (χ4v) is 4.81. The van der Waals surface area contributed by atoms with Crippen molar-refractivity contribution in [3.8, 4) is 0 Å². The van der Waals surface area contributed by atoms with Crippen molar-refractivity contribution in [3.05, 3.63) is 29.3 Å². The van der Waals surface area contributed by atoms with Gasteiger partial charge < -0.3 is 14.7 Å². The quantitative estimate of drug-likeness (QED) is 0.770. The summed E-state index contributed by atoms with van der Waals surface area (Å²) < 4.78 is 30.7. The Labute approximate surface area is 150 Å². The molecular formula is C16H18N2O7S. The maximum absolute atomic E-state index is 12.7. The molecule has 1 aromatic carbocycles. The SMILES string of the molecule is COCCN1C(=O)c2ccc(C(=O)N3CCC[C@@H]3C(=O)O)cc2S1(=O)=O. The van der Waals surface area contributed by atoms with Gasteiger partial charge in [0.2, 0.25) is 0 Å². The van der Waals surface area contributed by atoms with Crippen molar-refractivity contribution >= 4 is 27.8 Å². The summed E-state index contributed by atoms with van der Waals surface area (Å²) in [7, 11) is -2.67. The highest BCUT2D eigenvalue weighted by Gasteiger charge is 2.42. The number of likely N-dealkylation sites (tertiary alicyclic amines) is 1. The van der Waals surface area contributed by atoms with Gasteiger partial charge in [-0.3, -0.25) is 9.59 Å². The van der Waals surface area contributed by atoms with Crippen molar-refractivity contribution in [1.82, 2.24) is 9.21 Å². The van der Waals surface area contributed by atoms with Crippen LogP contribution >= 0.6 is 0 Å². The van der Waals surface area contributed by atoms with Crippen LogP contribution in [0.15, 0.2) is 23.1 Å². The number of carboxylic acid groups (broad SMARTS) is 1. The minimum absolute atomic E-state index is 0.00569. The highest BCUT2D eigenvalue weighted by molar-refractivity contribution is 7.90. The number of amides is 2. The van der Waals surface area contributed by atoms with Gasteiger partial charge in [-0.1, -0.05) is 0 Å². The van der Waals surface area contributed by atoms with Crippen molar-refractivity contribution in [2.45, 2.75) is 23.8 Å². The minimum atomic E-state index is -4.06. The molecule has 1 aromatic rings. The van der Waals surface area contributed by atoms with Crippen molar-refractivity contribution in [2.75, 3.05) is 26.8 Å². The maximum Gasteiger partial charge on any atom is 0.326 e. The summed E-state index contributed by atoms with van der Waals surface area (Å²) in [6.07, 6.45) is 0.919. The number of carbonyl (C=O) groups is 3. The van der Waals surface area contributed by atoms with Gasteiger partial charge in [0.1, 0.15) is 10.9 Å². The minimum Gasteiger partial charge on any atom is -0.480 e. The third kappa shape index (κ3) is 2.84. The lowest BCUT2D eigenvalue weighted by molar-refractivity contribution is -0.141. The van der Waals surface area contributed by atoms with Gasteiger partial charge in [-0.25, -0.2) is 17.5 Å². The summed E-state index contributed by atoms with van der Waals surface area (Å²) >= 11 is 0. The van der Waals surface area contributed by atoms with Crippen LogP contribution in [-0.2, 0) is 19.6 Å². The Hall–Kier alpha value is -2.46. The lowest BCUT2D eigenvalue weighted by Crippen LogP contribution is -2.40. The van der Waals surface area contributed by atoms with E-state index in [1.807, 2.05) is 0 Å². The van der Waals surface area contributed by atoms with Crippen LogP contribution in [0.1, 0.15) is 33.6 Å². The second-order valence-electron chi connectivity index (χ2n) is 6.08. The fraction of sp³-hybridized carbons (Fsp3) is 0.438. The van der Waals surface area contributed by atoms with Crippen LogP contribution in [0.25, 0.3) is 0 Å². The molecule has 1 atom stereocenters. The van der Waals surface area contributed by atoms with Crippen LogP contribution < -0.4 is 0 Å². The largest absolute Gasteiger partial charge is 0.480 e. The average Bonchev–Trinajstić information content (AvgIpc) is 3.16. The lowest BCUT2D eigenvalue weighted by Gasteiger charge is -2.21. The predicted octanol–water partition coefficient (Wildman–Crippen LogP) is 0.167. The van der Waals surface area contributed by atoms with Crippen molar-refractivity contribution in [1.29, 1.82) is 0 Å². The van der Waals surface area contributed by atoms with E-state index in [2.05, 4.69) is 0 Å². The Bertz CT molecular complexity index is 881. The van der Waals surface area contributed by atoms with E-state index >= 15 is 0 Å². The summed E-state index contributed by atoms with van der Waals surface area (Å²) in [5, 5.41) is 9.22. The third-order valence-electron chi connectivity index (χ3n) is 4.55. The number of fused-ring (bicyclic) bond motifs is 1. The standard InChI is InChI=1S/C16H18N2O7S/c1-25-8-7-18-15(20)11-5-4-10(9-13(11)26(18,23)24)14(19)17-6-2-3-12(17)16(21)22/h4-5,9,12H,2-3,6-8H2,1H3,(H,21,22)/t12-/m1/s1. The lowest BCUT2D eigenvalue weighted by atomic mass is 10.1. The maximum atomic E-state index is 12.7. The normalized spacial score (nSPS) is 21.1. The number of rotatable bonds is 5. The number of aliphatic carboxylic acids is 1. The van der Waals surface area contributed by atoms with Gasteiger partial charge in [0, 0.05) is 19.2 Å². The van der Waals surface area contributed by atoms with E-state index in [9.17, 15) is 27.9 Å². The first kappa shape index (κ1) is 18.3. The Kier molecular flexibility index (Phi) is 4.72. The Morgan fingerprint density at radius 1 is 1.35 bits per heavy atom. The predicted molar refractivity (Wildman–Crippen MR) is 88.2 cm³/mol. The van der Waals surface area contributed by atoms with E-state index < -0.39 is 33.8 Å². The number of benzene rings is 1. The highest BCUT2D eigenvalue weighted by Crippen LogP contribution is 2.31. The number of nitrogens with zero attached hydrogens (tertiary/aromatic N) is 2. The van der Waals surface area contributed by atoms with Crippen LogP contribution in [0.5, 0.6) is 0 Å². The zero-order valence-corrected chi connectivity index (χ0v) is 14.9. The molecule has 2 amide bonds. The third-order valence-corrected chi connectivity index (χ3v) is 6.37. The van der Waals surface area contributed by atoms with Crippen LogP contribution in [-0.4, -0.2) is 73.4 Å². The van der Waals surface area contributed by atoms with Crippen LogP contribution in [0.3, 0.4) is 0 Å². The van der Waals surface area contributed by atoms with Gasteiger partial charge in [0.05, 0.1) is 18.7 Å².